The highest BCUT2D eigenvalue weighted by molar-refractivity contribution is 5.46. The molecule has 0 unspecified atom stereocenters. The number of rotatable bonds is 1. The molecule has 4 heteroatoms. The molecule has 0 atom stereocenters. The van der Waals surface area contributed by atoms with Crippen molar-refractivity contribution in [1.29, 1.82) is 0 Å². The van der Waals surface area contributed by atoms with Crippen LogP contribution < -0.4 is 5.73 Å². The fourth-order valence-electron chi connectivity index (χ4n) is 1.46. The minimum atomic E-state index is 0.0933. The Hall–Kier alpha value is -1.42. The van der Waals surface area contributed by atoms with Crippen LogP contribution in [-0.2, 0) is 12.0 Å². The van der Waals surface area contributed by atoms with E-state index in [2.05, 4.69) is 30.9 Å². The first kappa shape index (κ1) is 10.1. The van der Waals surface area contributed by atoms with Crippen LogP contribution in [0.4, 0.5) is 0 Å². The van der Waals surface area contributed by atoms with Crippen molar-refractivity contribution in [3.05, 3.63) is 29.7 Å². The second kappa shape index (κ2) is 3.31. The summed E-state index contributed by atoms with van der Waals surface area (Å²) in [4.78, 5) is 4.40. The number of fused-ring (bicyclic) bond motifs is 1. The topological polar surface area (TPSA) is 56.2 Å². The van der Waals surface area contributed by atoms with E-state index < -0.39 is 0 Å². The summed E-state index contributed by atoms with van der Waals surface area (Å²) in [5.41, 5.74) is 8.69. The van der Waals surface area contributed by atoms with Crippen molar-refractivity contribution in [2.75, 3.05) is 0 Å². The number of hydrogen-bond donors (Lipinski definition) is 1. The highest BCUT2D eigenvalue weighted by Crippen LogP contribution is 2.21. The van der Waals surface area contributed by atoms with Gasteiger partial charge in [0.15, 0.2) is 5.65 Å². The Morgan fingerprint density at radius 2 is 2.07 bits per heavy atom. The van der Waals surface area contributed by atoms with Gasteiger partial charge in [0.05, 0.1) is 6.20 Å². The third kappa shape index (κ3) is 1.72. The van der Waals surface area contributed by atoms with Crippen molar-refractivity contribution in [3.63, 3.8) is 0 Å². The van der Waals surface area contributed by atoms with Gasteiger partial charge in [0, 0.05) is 24.5 Å². The van der Waals surface area contributed by atoms with Gasteiger partial charge < -0.3 is 5.73 Å². The monoisotopic (exact) mass is 204 g/mol. The van der Waals surface area contributed by atoms with Gasteiger partial charge in [-0.15, -0.1) is 0 Å². The Balaban J connectivity index is 2.58. The molecule has 0 amide bonds. The molecule has 80 valence electrons. The molecule has 0 saturated carbocycles. The smallest absolute Gasteiger partial charge is 0.159 e. The highest BCUT2D eigenvalue weighted by atomic mass is 15.2. The lowest BCUT2D eigenvalue weighted by atomic mass is 9.89. The molecule has 0 radical (unpaired) electrons. The van der Waals surface area contributed by atoms with E-state index in [0.717, 1.165) is 11.2 Å². The van der Waals surface area contributed by atoms with Gasteiger partial charge in [-0.2, -0.15) is 5.10 Å². The van der Waals surface area contributed by atoms with Crippen LogP contribution in [0.3, 0.4) is 0 Å². The maximum Gasteiger partial charge on any atom is 0.159 e. The Morgan fingerprint density at radius 3 is 2.67 bits per heavy atom. The Kier molecular flexibility index (Phi) is 2.23. The van der Waals surface area contributed by atoms with Crippen LogP contribution in [0.25, 0.3) is 5.65 Å². The molecule has 2 rings (SSSR count). The first-order chi connectivity index (χ1) is 7.02. The molecule has 0 aliphatic rings. The standard InChI is InChI=1S/C11H16N4/c1-11(2,3)9-6-13-10-8(4-12)5-14-15(10)7-9/h5-7H,4,12H2,1-3H3. The van der Waals surface area contributed by atoms with Gasteiger partial charge in [0.25, 0.3) is 0 Å². The normalized spacial score (nSPS) is 12.3. The second-order valence-electron chi connectivity index (χ2n) is 4.73. The van der Waals surface area contributed by atoms with Gasteiger partial charge in [0.2, 0.25) is 0 Å². The molecule has 4 nitrogen and oxygen atoms in total. The molecule has 0 aromatic carbocycles. The van der Waals surface area contributed by atoms with Crippen LogP contribution in [0.15, 0.2) is 18.6 Å². The summed E-state index contributed by atoms with van der Waals surface area (Å²) < 4.78 is 1.79. The predicted octanol–water partition coefficient (Wildman–Crippen LogP) is 1.49. The second-order valence-corrected chi connectivity index (χ2v) is 4.73. The summed E-state index contributed by atoms with van der Waals surface area (Å²) in [6, 6.07) is 0. The van der Waals surface area contributed by atoms with Gasteiger partial charge in [-0.1, -0.05) is 20.8 Å². The van der Waals surface area contributed by atoms with Gasteiger partial charge in [-0.3, -0.25) is 0 Å². The van der Waals surface area contributed by atoms with E-state index in [1.807, 2.05) is 12.4 Å². The minimum absolute atomic E-state index is 0.0933. The lowest BCUT2D eigenvalue weighted by Gasteiger charge is -2.17. The SMILES string of the molecule is CC(C)(C)c1cnc2c(CN)cnn2c1. The Labute approximate surface area is 89.1 Å². The van der Waals surface area contributed by atoms with E-state index in [1.165, 1.54) is 5.56 Å². The zero-order valence-corrected chi connectivity index (χ0v) is 9.36. The Morgan fingerprint density at radius 1 is 1.33 bits per heavy atom. The molecule has 0 saturated heterocycles. The lowest BCUT2D eigenvalue weighted by Crippen LogP contribution is -2.13. The van der Waals surface area contributed by atoms with Crippen molar-refractivity contribution in [2.45, 2.75) is 32.7 Å². The van der Waals surface area contributed by atoms with Crippen LogP contribution in [0.1, 0.15) is 31.9 Å². The molecule has 0 bridgehead atoms. The van der Waals surface area contributed by atoms with E-state index in [1.54, 1.807) is 10.7 Å². The fourth-order valence-corrected chi connectivity index (χ4v) is 1.46. The van der Waals surface area contributed by atoms with Crippen molar-refractivity contribution < 1.29 is 0 Å². The van der Waals surface area contributed by atoms with Gasteiger partial charge in [0.1, 0.15) is 0 Å². The molecular weight excluding hydrogens is 188 g/mol. The number of nitrogens with zero attached hydrogens (tertiary/aromatic N) is 3. The maximum atomic E-state index is 5.59. The van der Waals surface area contributed by atoms with Crippen molar-refractivity contribution in [2.24, 2.45) is 5.73 Å². The summed E-state index contributed by atoms with van der Waals surface area (Å²) in [6.07, 6.45) is 5.69. The molecule has 2 N–H and O–H groups in total. The third-order valence-electron chi connectivity index (χ3n) is 2.52. The predicted molar refractivity (Wildman–Crippen MR) is 59.6 cm³/mol. The molecule has 15 heavy (non-hydrogen) atoms. The zero-order chi connectivity index (χ0) is 11.1. The summed E-state index contributed by atoms with van der Waals surface area (Å²) >= 11 is 0. The fraction of sp³-hybridized carbons (Fsp3) is 0.455. The van der Waals surface area contributed by atoms with Crippen molar-refractivity contribution in [1.82, 2.24) is 14.6 Å². The quantitative estimate of drug-likeness (QED) is 0.765. The van der Waals surface area contributed by atoms with Gasteiger partial charge in [-0.05, 0) is 11.0 Å². The van der Waals surface area contributed by atoms with Crippen LogP contribution >= 0.6 is 0 Å². The van der Waals surface area contributed by atoms with E-state index in [9.17, 15) is 0 Å². The van der Waals surface area contributed by atoms with Crippen molar-refractivity contribution in [3.8, 4) is 0 Å². The molecule has 2 heterocycles. The van der Waals surface area contributed by atoms with Crippen LogP contribution in [0.2, 0.25) is 0 Å². The summed E-state index contributed by atoms with van der Waals surface area (Å²) in [6.45, 7) is 6.95. The molecule has 0 aliphatic heterocycles. The van der Waals surface area contributed by atoms with Crippen molar-refractivity contribution >= 4 is 5.65 Å². The van der Waals surface area contributed by atoms with E-state index in [4.69, 9.17) is 5.73 Å². The van der Waals surface area contributed by atoms with E-state index >= 15 is 0 Å². The van der Waals surface area contributed by atoms with Gasteiger partial charge in [-0.25, -0.2) is 9.50 Å². The van der Waals surface area contributed by atoms with Crippen LogP contribution in [0.5, 0.6) is 0 Å². The average molecular weight is 204 g/mol. The summed E-state index contributed by atoms with van der Waals surface area (Å²) in [5.74, 6) is 0. The molecule has 0 fully saturated rings. The lowest BCUT2D eigenvalue weighted by molar-refractivity contribution is 0.581. The first-order valence-corrected chi connectivity index (χ1v) is 5.05. The first-order valence-electron chi connectivity index (χ1n) is 5.05. The van der Waals surface area contributed by atoms with Gasteiger partial charge >= 0.3 is 0 Å². The summed E-state index contributed by atoms with van der Waals surface area (Å²) in [5, 5.41) is 4.24. The highest BCUT2D eigenvalue weighted by Gasteiger charge is 2.15. The van der Waals surface area contributed by atoms with Crippen LogP contribution in [-0.4, -0.2) is 14.6 Å². The van der Waals surface area contributed by atoms with Crippen LogP contribution in [0, 0.1) is 0 Å². The molecule has 0 spiro atoms. The van der Waals surface area contributed by atoms with E-state index in [0.29, 0.717) is 6.54 Å². The maximum absolute atomic E-state index is 5.59. The largest absolute Gasteiger partial charge is 0.326 e. The average Bonchev–Trinajstić information content (AvgIpc) is 2.58. The molecule has 2 aromatic rings. The number of nitrogens with two attached hydrogens (primary N) is 1. The summed E-state index contributed by atoms with van der Waals surface area (Å²) in [7, 11) is 0. The van der Waals surface area contributed by atoms with E-state index in [-0.39, 0.29) is 5.41 Å². The minimum Gasteiger partial charge on any atom is -0.326 e. The number of aromatic nitrogens is 3. The number of hydrogen-bond acceptors (Lipinski definition) is 3. The Bertz CT molecular complexity index is 479. The molecule has 0 aliphatic carbocycles. The molecule has 2 aromatic heterocycles. The zero-order valence-electron chi connectivity index (χ0n) is 9.36. The molecular formula is C11H16N4. The third-order valence-corrected chi connectivity index (χ3v) is 2.52.